The first-order chi connectivity index (χ1) is 14.2. The zero-order valence-electron chi connectivity index (χ0n) is 16.8. The molecule has 2 aromatic rings. The fourth-order valence-electron chi connectivity index (χ4n) is 4.38. The number of nitrogens with one attached hydrogen (secondary N) is 1. The molecular formula is C23H29NO4S. The van der Waals surface area contributed by atoms with Gasteiger partial charge in [-0.3, -0.25) is 4.79 Å². The number of thioether (sulfide) groups is 1. The molecule has 0 aliphatic heterocycles. The van der Waals surface area contributed by atoms with E-state index < -0.39 is 5.97 Å². The summed E-state index contributed by atoms with van der Waals surface area (Å²) in [5, 5.41) is 4.54. The second-order valence-corrected chi connectivity index (χ2v) is 9.39. The van der Waals surface area contributed by atoms with E-state index >= 15 is 0 Å². The van der Waals surface area contributed by atoms with Gasteiger partial charge < -0.3 is 14.5 Å². The highest BCUT2D eigenvalue weighted by Crippen LogP contribution is 2.35. The van der Waals surface area contributed by atoms with E-state index in [0.717, 1.165) is 42.4 Å². The average molecular weight is 416 g/mol. The van der Waals surface area contributed by atoms with E-state index in [1.165, 1.54) is 32.1 Å². The van der Waals surface area contributed by atoms with Gasteiger partial charge in [-0.2, -0.15) is 11.8 Å². The lowest BCUT2D eigenvalue weighted by Crippen LogP contribution is -2.35. The second kappa shape index (κ2) is 9.70. The van der Waals surface area contributed by atoms with Gasteiger partial charge in [-0.25, -0.2) is 4.79 Å². The van der Waals surface area contributed by atoms with Crippen LogP contribution in [0, 0.1) is 0 Å². The minimum absolute atomic E-state index is 0.217. The fourth-order valence-corrected chi connectivity index (χ4v) is 5.73. The lowest BCUT2D eigenvalue weighted by molar-refractivity contribution is -0.124. The van der Waals surface area contributed by atoms with Crippen molar-refractivity contribution >= 4 is 34.6 Å². The van der Waals surface area contributed by atoms with E-state index in [2.05, 4.69) is 5.32 Å². The van der Waals surface area contributed by atoms with Gasteiger partial charge in [0.2, 0.25) is 5.76 Å². The standard InChI is InChI=1S/C23H29NO4S/c25-21(24-16-8-4-5-9-16)14-27-23(26)22-19(15-29-17-10-2-1-3-11-17)18-12-6-7-13-20(18)28-22/h6-7,12-13,16-17H,1-5,8-11,14-15H2,(H,24,25). The van der Waals surface area contributed by atoms with E-state index in [1.807, 2.05) is 36.0 Å². The molecule has 0 atom stereocenters. The van der Waals surface area contributed by atoms with Crippen LogP contribution in [0.5, 0.6) is 0 Å². The Labute approximate surface area is 175 Å². The van der Waals surface area contributed by atoms with Crippen molar-refractivity contribution in [1.29, 1.82) is 0 Å². The highest BCUT2D eigenvalue weighted by molar-refractivity contribution is 7.99. The smallest absolute Gasteiger partial charge is 0.375 e. The number of rotatable bonds is 7. The Morgan fingerprint density at radius 3 is 2.55 bits per heavy atom. The second-order valence-electron chi connectivity index (χ2n) is 8.10. The molecule has 0 unspecified atom stereocenters. The molecule has 156 valence electrons. The molecule has 1 N–H and O–H groups in total. The van der Waals surface area contributed by atoms with E-state index in [1.54, 1.807) is 0 Å². The van der Waals surface area contributed by atoms with E-state index in [0.29, 0.717) is 10.8 Å². The van der Waals surface area contributed by atoms with Crippen LogP contribution in [-0.4, -0.2) is 29.8 Å². The van der Waals surface area contributed by atoms with E-state index in [4.69, 9.17) is 9.15 Å². The number of amides is 1. The molecule has 1 aromatic carbocycles. The fraction of sp³-hybridized carbons (Fsp3) is 0.565. The van der Waals surface area contributed by atoms with Crippen molar-refractivity contribution < 1.29 is 18.7 Å². The summed E-state index contributed by atoms with van der Waals surface area (Å²) >= 11 is 1.90. The van der Waals surface area contributed by atoms with Crippen molar-refractivity contribution in [3.8, 4) is 0 Å². The van der Waals surface area contributed by atoms with Gasteiger partial charge in [0.05, 0.1) is 0 Å². The highest BCUT2D eigenvalue weighted by Gasteiger charge is 2.25. The van der Waals surface area contributed by atoms with Gasteiger partial charge in [-0.15, -0.1) is 0 Å². The number of carbonyl (C=O) groups is 2. The Morgan fingerprint density at radius 2 is 1.76 bits per heavy atom. The molecule has 29 heavy (non-hydrogen) atoms. The third kappa shape index (κ3) is 5.16. The molecule has 0 spiro atoms. The minimum atomic E-state index is -0.554. The van der Waals surface area contributed by atoms with Gasteiger partial charge in [0.1, 0.15) is 5.58 Å². The Hall–Kier alpha value is -1.95. The molecule has 1 aromatic heterocycles. The SMILES string of the molecule is O=C(COC(=O)c1oc2ccccc2c1CSC1CCCCC1)NC1CCCC1. The summed E-state index contributed by atoms with van der Waals surface area (Å²) in [6.07, 6.45) is 10.7. The first kappa shape index (κ1) is 20.3. The van der Waals surface area contributed by atoms with Gasteiger partial charge in [0.15, 0.2) is 6.61 Å². The van der Waals surface area contributed by atoms with Crippen molar-refractivity contribution in [2.45, 2.75) is 74.8 Å². The third-order valence-electron chi connectivity index (χ3n) is 5.95. The van der Waals surface area contributed by atoms with E-state index in [-0.39, 0.29) is 24.3 Å². The van der Waals surface area contributed by atoms with Gasteiger partial charge in [-0.05, 0) is 31.7 Å². The number of esters is 1. The van der Waals surface area contributed by atoms with Gasteiger partial charge in [-0.1, -0.05) is 50.3 Å². The van der Waals surface area contributed by atoms with Gasteiger partial charge >= 0.3 is 5.97 Å². The van der Waals surface area contributed by atoms with Crippen LogP contribution in [0.2, 0.25) is 0 Å². The molecule has 2 fully saturated rings. The van der Waals surface area contributed by atoms with Crippen molar-refractivity contribution in [2.24, 2.45) is 0 Å². The van der Waals surface area contributed by atoms with Crippen LogP contribution in [-0.2, 0) is 15.3 Å². The van der Waals surface area contributed by atoms with Gasteiger partial charge in [0, 0.05) is 28.0 Å². The predicted octanol–water partition coefficient (Wildman–Crippen LogP) is 5.21. The largest absolute Gasteiger partial charge is 0.450 e. The molecule has 1 heterocycles. The van der Waals surface area contributed by atoms with Crippen LogP contribution in [0.15, 0.2) is 28.7 Å². The minimum Gasteiger partial charge on any atom is -0.450 e. The quantitative estimate of drug-likeness (QED) is 0.628. The molecule has 1 amide bonds. The first-order valence-corrected chi connectivity index (χ1v) is 11.8. The van der Waals surface area contributed by atoms with Crippen LogP contribution in [0.3, 0.4) is 0 Å². The summed E-state index contributed by atoms with van der Waals surface area (Å²) in [5.74, 6) is 0.171. The molecular weight excluding hydrogens is 386 g/mol. The summed E-state index contributed by atoms with van der Waals surface area (Å²) in [7, 11) is 0. The number of furan rings is 1. The van der Waals surface area contributed by atoms with Crippen LogP contribution < -0.4 is 5.32 Å². The number of carbonyl (C=O) groups excluding carboxylic acids is 2. The summed E-state index contributed by atoms with van der Waals surface area (Å²) in [4.78, 5) is 24.8. The number of para-hydroxylation sites is 1. The van der Waals surface area contributed by atoms with Crippen molar-refractivity contribution in [2.75, 3.05) is 6.61 Å². The molecule has 2 saturated carbocycles. The van der Waals surface area contributed by atoms with E-state index in [9.17, 15) is 9.59 Å². The molecule has 0 bridgehead atoms. The Balaban J connectivity index is 1.42. The number of hydrogen-bond donors (Lipinski definition) is 1. The summed E-state index contributed by atoms with van der Waals surface area (Å²) in [5.41, 5.74) is 1.58. The monoisotopic (exact) mass is 415 g/mol. The lowest BCUT2D eigenvalue weighted by Gasteiger charge is -2.20. The molecule has 6 heteroatoms. The maximum atomic E-state index is 12.7. The summed E-state index contributed by atoms with van der Waals surface area (Å²) < 4.78 is 11.2. The zero-order chi connectivity index (χ0) is 20.1. The average Bonchev–Trinajstić information content (AvgIpc) is 3.39. The number of ether oxygens (including phenoxy) is 1. The molecule has 5 nitrogen and oxygen atoms in total. The van der Waals surface area contributed by atoms with Gasteiger partial charge in [0.25, 0.3) is 5.91 Å². The summed E-state index contributed by atoms with van der Waals surface area (Å²) in [6, 6.07) is 7.92. The highest BCUT2D eigenvalue weighted by atomic mass is 32.2. The maximum Gasteiger partial charge on any atom is 0.375 e. The Bertz CT molecular complexity index is 850. The van der Waals surface area contributed by atoms with Crippen molar-refractivity contribution in [1.82, 2.24) is 5.32 Å². The predicted molar refractivity (Wildman–Crippen MR) is 115 cm³/mol. The lowest BCUT2D eigenvalue weighted by atomic mass is 10.0. The number of benzene rings is 1. The van der Waals surface area contributed by atoms with Crippen molar-refractivity contribution in [3.05, 3.63) is 35.6 Å². The molecule has 2 aliphatic carbocycles. The number of hydrogen-bond acceptors (Lipinski definition) is 5. The maximum absolute atomic E-state index is 12.7. The van der Waals surface area contributed by atoms with Crippen LogP contribution in [0.4, 0.5) is 0 Å². The van der Waals surface area contributed by atoms with Crippen molar-refractivity contribution in [3.63, 3.8) is 0 Å². The topological polar surface area (TPSA) is 68.5 Å². The van der Waals surface area contributed by atoms with Crippen LogP contribution in [0.25, 0.3) is 11.0 Å². The Kier molecular flexibility index (Phi) is 6.80. The first-order valence-electron chi connectivity index (χ1n) is 10.8. The summed E-state index contributed by atoms with van der Waals surface area (Å²) in [6.45, 7) is -0.262. The normalized spacial score (nSPS) is 18.2. The molecule has 2 aliphatic rings. The van der Waals surface area contributed by atoms with Crippen LogP contribution >= 0.6 is 11.8 Å². The number of fused-ring (bicyclic) bond motifs is 1. The Morgan fingerprint density at radius 1 is 1.03 bits per heavy atom. The zero-order valence-corrected chi connectivity index (χ0v) is 17.6. The third-order valence-corrected chi connectivity index (χ3v) is 7.35. The van der Waals surface area contributed by atoms with Crippen LogP contribution in [0.1, 0.15) is 73.9 Å². The molecule has 0 radical (unpaired) electrons. The molecule has 0 saturated heterocycles. The molecule has 4 rings (SSSR count).